The molecule has 0 saturated heterocycles. The van der Waals surface area contributed by atoms with Crippen molar-refractivity contribution in [1.82, 2.24) is 0 Å². The summed E-state index contributed by atoms with van der Waals surface area (Å²) in [6, 6.07) is 39.0. The first-order valence-electron chi connectivity index (χ1n) is 11.8. The van der Waals surface area contributed by atoms with E-state index in [4.69, 9.17) is 4.74 Å². The molecule has 5 rings (SSSR count). The van der Waals surface area contributed by atoms with Gasteiger partial charge in [-0.1, -0.05) is 78.9 Å². The van der Waals surface area contributed by atoms with Crippen molar-refractivity contribution >= 4 is 34.7 Å². The van der Waals surface area contributed by atoms with E-state index in [1.165, 1.54) is 22.0 Å². The van der Waals surface area contributed by atoms with E-state index in [1.54, 1.807) is 24.3 Å². The molecule has 36 heavy (non-hydrogen) atoms. The summed E-state index contributed by atoms with van der Waals surface area (Å²) < 4.78 is 5.93. The van der Waals surface area contributed by atoms with E-state index in [9.17, 15) is 9.59 Å². The van der Waals surface area contributed by atoms with Gasteiger partial charge in [-0.25, -0.2) is 0 Å². The molecule has 0 heterocycles. The van der Waals surface area contributed by atoms with Crippen LogP contribution in [0.15, 0.2) is 127 Å². The third-order valence-electron chi connectivity index (χ3n) is 6.41. The van der Waals surface area contributed by atoms with Gasteiger partial charge >= 0.3 is 0 Å². The molecule has 1 aliphatic carbocycles. The molecule has 4 aromatic rings. The molecular weight excluding hydrogens is 531 g/mol. The first-order chi connectivity index (χ1) is 17.2. The number of ketones is 2. The van der Waals surface area contributed by atoms with Crippen molar-refractivity contribution < 1.29 is 31.3 Å². The summed E-state index contributed by atoms with van der Waals surface area (Å²) in [7, 11) is -1.95. The number of benzene rings is 4. The molecule has 0 fully saturated rings. The zero-order valence-electron chi connectivity index (χ0n) is 19.7. The highest BCUT2D eigenvalue weighted by Crippen LogP contribution is 2.55. The van der Waals surface area contributed by atoms with Gasteiger partial charge in [-0.15, -0.1) is 0 Å². The molecule has 3 nitrogen and oxygen atoms in total. The fraction of sp³-hybridized carbons (Fsp3) is 0.0968. The number of Topliss-reactive ketones (excluding diaryl/α,β-unsaturated/α-hetero) is 1. The van der Waals surface area contributed by atoms with E-state index in [-0.39, 0.29) is 34.3 Å². The van der Waals surface area contributed by atoms with E-state index in [0.717, 1.165) is 12.6 Å². The number of hydrogen-bond acceptors (Lipinski definition) is 3. The zero-order chi connectivity index (χ0) is 24.1. The predicted molar refractivity (Wildman–Crippen MR) is 144 cm³/mol. The maximum absolute atomic E-state index is 12.9. The average molecular weight is 557 g/mol. The molecule has 0 radical (unpaired) electrons. The zero-order valence-corrected chi connectivity index (χ0v) is 22.2. The second kappa shape index (κ2) is 11.6. The summed E-state index contributed by atoms with van der Waals surface area (Å²) in [5.41, 5.74) is 0.849. The Hall–Kier alpha value is -3.33. The van der Waals surface area contributed by atoms with Gasteiger partial charge in [-0.2, -0.15) is 0 Å². The van der Waals surface area contributed by atoms with Crippen LogP contribution in [0, 0.1) is 0 Å². The van der Waals surface area contributed by atoms with Gasteiger partial charge in [-0.05, 0) is 36.4 Å². The Labute approximate surface area is 222 Å². The minimum Gasteiger partial charge on any atom is -1.00 e. The highest BCUT2D eigenvalue weighted by molar-refractivity contribution is 7.95. The monoisotopic (exact) mass is 556 g/mol. The summed E-state index contributed by atoms with van der Waals surface area (Å²) >= 11 is 0. The van der Waals surface area contributed by atoms with Crippen molar-refractivity contribution in [3.8, 4) is 0 Å². The largest absolute Gasteiger partial charge is 1.00 e. The van der Waals surface area contributed by atoms with Crippen LogP contribution < -0.4 is 32.9 Å². The molecule has 1 aliphatic rings. The minimum atomic E-state index is -1.95. The number of carbonyl (C=O) groups excluding carboxylic acids is 2. The number of allylic oxidation sites excluding steroid dienone is 2. The van der Waals surface area contributed by atoms with E-state index >= 15 is 0 Å². The maximum Gasteiger partial charge on any atom is 0.228 e. The number of rotatable bonds is 8. The molecule has 0 aromatic heterocycles. The molecule has 0 unspecified atom stereocenters. The highest BCUT2D eigenvalue weighted by Gasteiger charge is 2.44. The lowest BCUT2D eigenvalue weighted by molar-refractivity contribution is -0.0000208. The topological polar surface area (TPSA) is 43.4 Å². The Morgan fingerprint density at radius 1 is 0.583 bits per heavy atom. The summed E-state index contributed by atoms with van der Waals surface area (Å²) in [5.74, 6) is -0.276. The van der Waals surface area contributed by atoms with Crippen LogP contribution >= 0.6 is 7.26 Å². The Bertz CT molecular complexity index is 1270. The molecule has 0 aliphatic heterocycles. The van der Waals surface area contributed by atoms with E-state index < -0.39 is 7.26 Å². The molecule has 0 saturated carbocycles. The molecule has 180 valence electrons. The van der Waals surface area contributed by atoms with Crippen LogP contribution in [-0.4, -0.2) is 24.3 Å². The third kappa shape index (κ3) is 4.97. The van der Waals surface area contributed by atoms with Crippen LogP contribution in [0.25, 0.3) is 0 Å². The summed E-state index contributed by atoms with van der Waals surface area (Å²) in [6.07, 6.45) is 2.96. The van der Waals surface area contributed by atoms with E-state index in [1.807, 2.05) is 18.2 Å². The van der Waals surface area contributed by atoms with Crippen LogP contribution in [0.1, 0.15) is 27.1 Å². The number of carbonyl (C=O) groups is 2. The standard InChI is InChI=1S/C31H26O3P.BrH/c32-29-23-30(31(33)28-20-11-10-19-27(28)29)34-21-12-22-35(24-13-4-1-5-14-24,25-15-6-2-7-16-25)26-17-8-3-9-18-26;/h1-11,13-20,23H,12,21-22H2;1H/q+1;/p-1. The van der Waals surface area contributed by atoms with Crippen molar-refractivity contribution in [3.63, 3.8) is 0 Å². The molecule has 0 N–H and O–H groups in total. The maximum atomic E-state index is 12.9. The van der Waals surface area contributed by atoms with Gasteiger partial charge in [0, 0.05) is 23.6 Å². The van der Waals surface area contributed by atoms with Crippen LogP contribution in [0.2, 0.25) is 0 Å². The van der Waals surface area contributed by atoms with Crippen molar-refractivity contribution in [1.29, 1.82) is 0 Å². The van der Waals surface area contributed by atoms with Gasteiger partial charge in [-0.3, -0.25) is 9.59 Å². The van der Waals surface area contributed by atoms with Crippen molar-refractivity contribution in [3.05, 3.63) is 138 Å². The Morgan fingerprint density at radius 2 is 1.03 bits per heavy atom. The van der Waals surface area contributed by atoms with Gasteiger partial charge in [0.05, 0.1) is 12.8 Å². The quantitative estimate of drug-likeness (QED) is 0.247. The normalized spacial score (nSPS) is 12.8. The van der Waals surface area contributed by atoms with E-state index in [2.05, 4.69) is 72.8 Å². The summed E-state index contributed by atoms with van der Waals surface area (Å²) in [6.45, 7) is 0.362. The highest BCUT2D eigenvalue weighted by atomic mass is 79.9. The SMILES string of the molecule is O=C1C=C(OCCC[P+](c2ccccc2)(c2ccccc2)c2ccccc2)C(=O)c2ccccc21.[Br-]. The second-order valence-corrected chi connectivity index (χ2v) is 12.1. The third-order valence-corrected chi connectivity index (χ3v) is 10.9. The number of ether oxygens (including phenoxy) is 1. The van der Waals surface area contributed by atoms with Gasteiger partial charge in [0.1, 0.15) is 23.2 Å². The molecule has 0 bridgehead atoms. The molecule has 0 spiro atoms. The van der Waals surface area contributed by atoms with Gasteiger partial charge < -0.3 is 21.7 Å². The Kier molecular flexibility index (Phi) is 8.30. The van der Waals surface area contributed by atoms with Crippen molar-refractivity contribution in [2.45, 2.75) is 6.42 Å². The first-order valence-corrected chi connectivity index (χ1v) is 13.7. The molecule has 4 aromatic carbocycles. The number of fused-ring (bicyclic) bond motifs is 1. The van der Waals surface area contributed by atoms with Crippen LogP contribution in [0.3, 0.4) is 0 Å². The number of halogens is 1. The Balaban J connectivity index is 0.00000304. The van der Waals surface area contributed by atoms with Crippen molar-refractivity contribution in [2.24, 2.45) is 0 Å². The molecule has 5 heteroatoms. The summed E-state index contributed by atoms with van der Waals surface area (Å²) in [4.78, 5) is 25.4. The smallest absolute Gasteiger partial charge is 0.228 e. The Morgan fingerprint density at radius 3 is 1.53 bits per heavy atom. The minimum absolute atomic E-state index is 0. The van der Waals surface area contributed by atoms with Crippen LogP contribution in [-0.2, 0) is 4.74 Å². The van der Waals surface area contributed by atoms with E-state index in [0.29, 0.717) is 17.7 Å². The van der Waals surface area contributed by atoms with Gasteiger partial charge in [0.2, 0.25) is 5.78 Å². The lowest BCUT2D eigenvalue weighted by Crippen LogP contribution is -3.00. The summed E-state index contributed by atoms with van der Waals surface area (Å²) in [5, 5.41) is 3.94. The number of hydrogen-bond donors (Lipinski definition) is 0. The average Bonchev–Trinajstić information content (AvgIpc) is 2.93. The predicted octanol–water partition coefficient (Wildman–Crippen LogP) is 2.35. The first kappa shape index (κ1) is 25.8. The van der Waals surface area contributed by atoms with Gasteiger partial charge in [0.25, 0.3) is 0 Å². The fourth-order valence-electron chi connectivity index (χ4n) is 4.76. The van der Waals surface area contributed by atoms with Crippen LogP contribution in [0.5, 0.6) is 0 Å². The fourth-order valence-corrected chi connectivity index (χ4v) is 9.08. The second-order valence-electron chi connectivity index (χ2n) is 8.49. The molecule has 0 atom stereocenters. The van der Waals surface area contributed by atoms with Crippen LogP contribution in [0.4, 0.5) is 0 Å². The lowest BCUT2D eigenvalue weighted by Gasteiger charge is -2.27. The van der Waals surface area contributed by atoms with Crippen molar-refractivity contribution in [2.75, 3.05) is 12.8 Å². The lowest BCUT2D eigenvalue weighted by atomic mass is 9.94. The van der Waals surface area contributed by atoms with Gasteiger partial charge in [0.15, 0.2) is 11.5 Å². The molecular formula is C31H26BrO3P. The molecule has 0 amide bonds.